The van der Waals surface area contributed by atoms with Crippen molar-refractivity contribution in [3.05, 3.63) is 40.8 Å². The molecule has 0 saturated heterocycles. The van der Waals surface area contributed by atoms with Crippen molar-refractivity contribution in [2.24, 2.45) is 0 Å². The molecule has 2 N–H and O–H groups in total. The van der Waals surface area contributed by atoms with Crippen LogP contribution in [0.2, 0.25) is 5.02 Å². The fraction of sp³-hybridized carbons (Fsp3) is 0.231. The van der Waals surface area contributed by atoms with E-state index in [1.54, 1.807) is 0 Å². The normalized spacial score (nSPS) is 11.4. The Morgan fingerprint density at radius 3 is 2.79 bits per heavy atom. The Bertz CT molecular complexity index is 562. The van der Waals surface area contributed by atoms with Gasteiger partial charge in [-0.05, 0) is 38.1 Å². The van der Waals surface area contributed by atoms with Gasteiger partial charge in [-0.3, -0.25) is 0 Å². The summed E-state index contributed by atoms with van der Waals surface area (Å²) >= 11 is 7.17. The van der Waals surface area contributed by atoms with Crippen LogP contribution in [0.1, 0.15) is 19.7 Å². The summed E-state index contributed by atoms with van der Waals surface area (Å²) in [4.78, 5) is 4.40. The predicted octanol–water partition coefficient (Wildman–Crippen LogP) is 3.91. The molecule has 0 bridgehead atoms. The van der Waals surface area contributed by atoms with Crippen LogP contribution in [-0.4, -0.2) is 15.9 Å². The largest absolute Gasteiger partial charge is 0.389 e. The highest BCUT2D eigenvalue weighted by atomic mass is 35.5. The highest BCUT2D eigenvalue weighted by Gasteiger charge is 2.02. The second kappa shape index (κ2) is 6.54. The van der Waals surface area contributed by atoms with Gasteiger partial charge in [0.2, 0.25) is 5.13 Å². The van der Waals surface area contributed by atoms with Crippen molar-refractivity contribution in [3.63, 3.8) is 0 Å². The highest BCUT2D eigenvalue weighted by molar-refractivity contribution is 7.09. The van der Waals surface area contributed by atoms with Gasteiger partial charge in [0, 0.05) is 40.6 Å². The highest BCUT2D eigenvalue weighted by Crippen LogP contribution is 2.20. The van der Waals surface area contributed by atoms with Gasteiger partial charge in [0.05, 0.1) is 0 Å². The molecule has 19 heavy (non-hydrogen) atoms. The average molecular weight is 295 g/mol. The molecule has 0 fully saturated rings. The molecule has 1 heterocycles. The van der Waals surface area contributed by atoms with E-state index in [4.69, 9.17) is 11.6 Å². The van der Waals surface area contributed by atoms with Crippen molar-refractivity contribution >= 4 is 40.0 Å². The lowest BCUT2D eigenvalue weighted by molar-refractivity contribution is 0.860. The minimum Gasteiger partial charge on any atom is -0.389 e. The maximum atomic E-state index is 5.84. The maximum Gasteiger partial charge on any atom is 0.207 e. The van der Waals surface area contributed by atoms with Crippen LogP contribution in [0, 0.1) is 0 Å². The van der Waals surface area contributed by atoms with Gasteiger partial charge in [-0.25, -0.2) is 0 Å². The summed E-state index contributed by atoms with van der Waals surface area (Å²) < 4.78 is 4.28. The summed E-state index contributed by atoms with van der Waals surface area (Å²) in [5.41, 5.74) is 2.00. The number of nitrogens with zero attached hydrogens (tertiary/aromatic N) is 2. The van der Waals surface area contributed by atoms with Crippen LogP contribution in [0.4, 0.5) is 10.8 Å². The number of benzene rings is 1. The molecular formula is C13H15ClN4S. The van der Waals surface area contributed by atoms with Gasteiger partial charge < -0.3 is 10.6 Å². The summed E-state index contributed by atoms with van der Waals surface area (Å²) in [6.45, 7) is 4.94. The second-order valence-electron chi connectivity index (χ2n) is 3.95. The first-order valence-electron chi connectivity index (χ1n) is 5.96. The quantitative estimate of drug-likeness (QED) is 0.878. The van der Waals surface area contributed by atoms with Crippen molar-refractivity contribution < 1.29 is 0 Å². The molecule has 0 spiro atoms. The number of halogens is 1. The van der Waals surface area contributed by atoms with Crippen molar-refractivity contribution in [2.75, 3.05) is 11.9 Å². The standard InChI is InChI=1S/C13H15ClN4S/c1-3-15-9(2)8-12-17-13(19-18-12)16-11-6-4-10(14)5-7-11/h4-8,15H,3H2,1-2H3,(H,16,17,18)/b9-8+. The monoisotopic (exact) mass is 294 g/mol. The minimum atomic E-state index is 0.708. The molecule has 1 aromatic carbocycles. The number of anilines is 2. The zero-order valence-corrected chi connectivity index (χ0v) is 12.3. The van der Waals surface area contributed by atoms with E-state index in [0.29, 0.717) is 10.8 Å². The first-order valence-corrected chi connectivity index (χ1v) is 7.11. The lowest BCUT2D eigenvalue weighted by atomic mass is 10.3. The molecule has 0 unspecified atom stereocenters. The van der Waals surface area contributed by atoms with E-state index in [0.717, 1.165) is 23.1 Å². The number of hydrogen-bond acceptors (Lipinski definition) is 5. The third-order valence-electron chi connectivity index (χ3n) is 2.34. The Hall–Kier alpha value is -1.59. The van der Waals surface area contributed by atoms with Gasteiger partial charge in [0.25, 0.3) is 0 Å². The van der Waals surface area contributed by atoms with Crippen LogP contribution in [0.5, 0.6) is 0 Å². The molecule has 6 heteroatoms. The fourth-order valence-electron chi connectivity index (χ4n) is 1.52. The van der Waals surface area contributed by atoms with Crippen molar-refractivity contribution in [2.45, 2.75) is 13.8 Å². The van der Waals surface area contributed by atoms with Gasteiger partial charge in [-0.1, -0.05) is 11.6 Å². The molecule has 100 valence electrons. The molecule has 0 amide bonds. The zero-order valence-electron chi connectivity index (χ0n) is 10.8. The van der Waals surface area contributed by atoms with Gasteiger partial charge in [-0.2, -0.15) is 9.36 Å². The summed E-state index contributed by atoms with van der Waals surface area (Å²) in [5, 5.41) is 7.88. The molecule has 1 aromatic heterocycles. The first kappa shape index (κ1) is 13.8. The number of aromatic nitrogens is 2. The predicted molar refractivity (Wildman–Crippen MR) is 82.0 cm³/mol. The van der Waals surface area contributed by atoms with Crippen LogP contribution in [-0.2, 0) is 0 Å². The number of nitrogens with one attached hydrogen (secondary N) is 2. The maximum absolute atomic E-state index is 5.84. The fourth-order valence-corrected chi connectivity index (χ4v) is 2.22. The Labute approximate surface area is 121 Å². The van der Waals surface area contributed by atoms with Crippen LogP contribution in [0.3, 0.4) is 0 Å². The van der Waals surface area contributed by atoms with Crippen molar-refractivity contribution in [1.82, 2.24) is 14.7 Å². The lowest BCUT2D eigenvalue weighted by Gasteiger charge is -2.01. The Kier molecular flexibility index (Phi) is 4.76. The van der Waals surface area contributed by atoms with E-state index in [-0.39, 0.29) is 0 Å². The van der Waals surface area contributed by atoms with Gasteiger partial charge in [0.1, 0.15) is 0 Å². The van der Waals surface area contributed by atoms with Crippen LogP contribution in [0.25, 0.3) is 6.08 Å². The van der Waals surface area contributed by atoms with E-state index >= 15 is 0 Å². The molecule has 2 rings (SSSR count). The van der Waals surface area contributed by atoms with E-state index < -0.39 is 0 Å². The Balaban J connectivity index is 2.05. The third kappa shape index (κ3) is 4.22. The summed E-state index contributed by atoms with van der Waals surface area (Å²) in [5.74, 6) is 0.708. The van der Waals surface area contributed by atoms with E-state index in [1.165, 1.54) is 11.5 Å². The van der Waals surface area contributed by atoms with E-state index in [2.05, 4.69) is 26.9 Å². The third-order valence-corrected chi connectivity index (χ3v) is 3.24. The molecule has 0 aliphatic carbocycles. The summed E-state index contributed by atoms with van der Waals surface area (Å²) in [6, 6.07) is 7.48. The van der Waals surface area contributed by atoms with E-state index in [1.807, 2.05) is 37.3 Å². The number of rotatable bonds is 5. The molecule has 0 aliphatic heterocycles. The Morgan fingerprint density at radius 2 is 2.11 bits per heavy atom. The van der Waals surface area contributed by atoms with Crippen LogP contribution >= 0.6 is 23.1 Å². The van der Waals surface area contributed by atoms with Crippen LogP contribution in [0.15, 0.2) is 30.0 Å². The minimum absolute atomic E-state index is 0.708. The van der Waals surface area contributed by atoms with Gasteiger partial charge in [-0.15, -0.1) is 0 Å². The molecule has 0 atom stereocenters. The molecular weight excluding hydrogens is 280 g/mol. The average Bonchev–Trinajstić information content (AvgIpc) is 2.80. The lowest BCUT2D eigenvalue weighted by Crippen LogP contribution is -2.08. The number of hydrogen-bond donors (Lipinski definition) is 2. The van der Waals surface area contributed by atoms with Gasteiger partial charge in [0.15, 0.2) is 5.82 Å². The second-order valence-corrected chi connectivity index (χ2v) is 5.14. The summed E-state index contributed by atoms with van der Waals surface area (Å²) in [6.07, 6.45) is 1.92. The SMILES string of the molecule is CCN/C(C)=C/c1nsc(Nc2ccc(Cl)cc2)n1. The Morgan fingerprint density at radius 1 is 1.37 bits per heavy atom. The van der Waals surface area contributed by atoms with Crippen molar-refractivity contribution in [1.29, 1.82) is 0 Å². The molecule has 0 saturated carbocycles. The molecule has 0 aliphatic rings. The molecule has 4 nitrogen and oxygen atoms in total. The zero-order chi connectivity index (χ0) is 13.7. The summed E-state index contributed by atoms with van der Waals surface area (Å²) in [7, 11) is 0. The smallest absolute Gasteiger partial charge is 0.207 e. The van der Waals surface area contributed by atoms with Crippen molar-refractivity contribution in [3.8, 4) is 0 Å². The van der Waals surface area contributed by atoms with Gasteiger partial charge >= 0.3 is 0 Å². The number of allylic oxidation sites excluding steroid dienone is 1. The topological polar surface area (TPSA) is 49.8 Å². The van der Waals surface area contributed by atoms with Crippen LogP contribution < -0.4 is 10.6 Å². The molecule has 2 aromatic rings. The molecule has 0 radical (unpaired) electrons. The van der Waals surface area contributed by atoms with E-state index in [9.17, 15) is 0 Å². The first-order chi connectivity index (χ1) is 9.17.